The number of rotatable bonds is 35. The van der Waals surface area contributed by atoms with Crippen molar-refractivity contribution in [2.75, 3.05) is 47.5 Å². The Kier molecular flexibility index (Phi) is 27.3. The summed E-state index contributed by atoms with van der Waals surface area (Å²) < 4.78 is 40.6. The Hall–Kier alpha value is -2.64. The molecule has 1 aromatic rings. The van der Waals surface area contributed by atoms with E-state index in [0.29, 0.717) is 43.1 Å². The molecule has 0 bridgehead atoms. The molecular formula is C48H83NO12P+. The molecule has 0 radical (unpaired) electrons. The third-order valence-electron chi connectivity index (χ3n) is 11.6. The highest BCUT2D eigenvalue weighted by molar-refractivity contribution is 7.47. The topological polar surface area (TPSA) is 179 Å². The number of hydrogen-bond acceptors (Lipinski definition) is 11. The fourth-order valence-corrected chi connectivity index (χ4v) is 8.21. The van der Waals surface area contributed by atoms with Crippen LogP contribution in [0.3, 0.4) is 0 Å². The summed E-state index contributed by atoms with van der Waals surface area (Å²) >= 11 is 0. The number of aliphatic hydroxyl groups excluding tert-OH is 2. The van der Waals surface area contributed by atoms with E-state index in [1.165, 1.54) is 24.0 Å². The molecule has 1 aromatic heterocycles. The number of furan rings is 1. The number of ketones is 1. The summed E-state index contributed by atoms with van der Waals surface area (Å²) in [6.45, 7) is 8.23. The van der Waals surface area contributed by atoms with Crippen LogP contribution in [0.1, 0.15) is 158 Å². The van der Waals surface area contributed by atoms with E-state index in [1.807, 2.05) is 33.3 Å². The summed E-state index contributed by atoms with van der Waals surface area (Å²) in [7, 11) is 1.30. The van der Waals surface area contributed by atoms with Crippen LogP contribution in [-0.2, 0) is 50.3 Å². The van der Waals surface area contributed by atoms with E-state index < -0.39 is 50.6 Å². The van der Waals surface area contributed by atoms with Gasteiger partial charge in [0.15, 0.2) is 6.10 Å². The second kappa shape index (κ2) is 30.5. The van der Waals surface area contributed by atoms with Gasteiger partial charge < -0.3 is 33.5 Å². The summed E-state index contributed by atoms with van der Waals surface area (Å²) in [6, 6.07) is 0. The van der Waals surface area contributed by atoms with Crippen molar-refractivity contribution in [3.05, 3.63) is 47.0 Å². The second-order valence-corrected chi connectivity index (χ2v) is 19.6. The fraction of sp³-hybridized carbons (Fsp3) is 0.771. The van der Waals surface area contributed by atoms with Crippen molar-refractivity contribution in [1.29, 1.82) is 0 Å². The molecule has 1 heterocycles. The largest absolute Gasteiger partial charge is 0.472 e. The van der Waals surface area contributed by atoms with Gasteiger partial charge in [0.05, 0.1) is 40.0 Å². The van der Waals surface area contributed by atoms with Crippen LogP contribution in [0, 0.1) is 25.7 Å². The number of aliphatic hydroxyl groups is 2. The van der Waals surface area contributed by atoms with Crippen LogP contribution >= 0.6 is 7.82 Å². The van der Waals surface area contributed by atoms with Crippen molar-refractivity contribution < 1.29 is 61.5 Å². The number of phosphoric acid groups is 1. The Labute approximate surface area is 373 Å². The van der Waals surface area contributed by atoms with E-state index in [2.05, 4.69) is 27.7 Å². The SMILES string of the molecule is CCCCCc1oc(CCCCCCCCC(=O)O[C@H](COC(=O)CCC/C=C\C[C@H]2[C@@H](O)CC(=O)[C@@H]2/C=C/[C@@H](O)CCCCC)COP(=O)(O)OCC[N+](C)(C)C)c(C)c1C. The zero-order valence-corrected chi connectivity index (χ0v) is 40.2. The molecule has 1 saturated carbocycles. The number of likely N-dealkylation sites (N-methyl/N-ethyl adjacent to an activating group) is 1. The number of carbonyl (C=O) groups excluding carboxylic acids is 3. The van der Waals surface area contributed by atoms with Gasteiger partial charge in [-0.2, -0.15) is 0 Å². The van der Waals surface area contributed by atoms with Gasteiger partial charge in [0.2, 0.25) is 0 Å². The molecule has 13 nitrogen and oxygen atoms in total. The van der Waals surface area contributed by atoms with Crippen molar-refractivity contribution in [2.45, 2.75) is 181 Å². The standard InChI is InChI=1S/C48H82NO12P/c1-8-10-18-24-39(50)30-31-42-41(43(51)34-44(42)52)25-20-16-17-22-28-47(53)57-35-40(36-59-62(55,56)58-33-32-49(5,6)7)60-48(54)29-23-15-13-12-14-21-27-46-38(4)37(3)45(61-46)26-19-11-9-2/h16,20,30-31,39-43,50-51H,8-15,17-19,21-29,32-36H2,1-7H3/p+1/b20-16-,31-30+/t39-,40+,41+,42+,43-/m0/s1. The van der Waals surface area contributed by atoms with Crippen molar-refractivity contribution in [2.24, 2.45) is 11.8 Å². The van der Waals surface area contributed by atoms with Crippen LogP contribution in [0.15, 0.2) is 28.7 Å². The van der Waals surface area contributed by atoms with Crippen molar-refractivity contribution >= 4 is 25.5 Å². The molecule has 2 rings (SSSR count). The normalized spacial score (nSPS) is 19.1. The highest BCUT2D eigenvalue weighted by atomic mass is 31.2. The van der Waals surface area contributed by atoms with E-state index >= 15 is 0 Å². The van der Waals surface area contributed by atoms with Gasteiger partial charge in [-0.3, -0.25) is 23.4 Å². The smallest absolute Gasteiger partial charge is 0.466 e. The first-order valence-corrected chi connectivity index (χ1v) is 25.0. The first-order valence-electron chi connectivity index (χ1n) is 23.5. The molecule has 0 spiro atoms. The molecule has 62 heavy (non-hydrogen) atoms. The van der Waals surface area contributed by atoms with Crippen LogP contribution in [0.5, 0.6) is 0 Å². The molecule has 0 amide bonds. The molecule has 0 aliphatic heterocycles. The Morgan fingerprint density at radius 2 is 1.45 bits per heavy atom. The predicted molar refractivity (Wildman–Crippen MR) is 242 cm³/mol. The number of esters is 2. The van der Waals surface area contributed by atoms with Crippen LogP contribution in [0.25, 0.3) is 0 Å². The van der Waals surface area contributed by atoms with E-state index in [-0.39, 0.29) is 44.2 Å². The molecule has 1 aliphatic carbocycles. The molecule has 356 valence electrons. The first-order chi connectivity index (χ1) is 29.5. The average molecular weight is 897 g/mol. The number of unbranched alkanes of at least 4 members (excludes halogenated alkanes) is 10. The number of hydrogen-bond donors (Lipinski definition) is 3. The summed E-state index contributed by atoms with van der Waals surface area (Å²) in [5.41, 5.74) is 2.56. The molecule has 14 heteroatoms. The molecule has 3 N–H and O–H groups in total. The maximum Gasteiger partial charge on any atom is 0.472 e. The number of allylic oxidation sites excluding steroid dienone is 3. The summed E-state index contributed by atoms with van der Waals surface area (Å²) in [5.74, 6) is 0.468. The lowest BCUT2D eigenvalue weighted by Gasteiger charge is -2.24. The van der Waals surface area contributed by atoms with E-state index in [9.17, 15) is 34.1 Å². The summed E-state index contributed by atoms with van der Waals surface area (Å²) in [4.78, 5) is 48.3. The number of aryl methyl sites for hydroxylation is 2. The number of ether oxygens (including phenoxy) is 2. The minimum atomic E-state index is -4.46. The van der Waals surface area contributed by atoms with Crippen LogP contribution in [-0.4, -0.2) is 103 Å². The lowest BCUT2D eigenvalue weighted by Crippen LogP contribution is -2.37. The van der Waals surface area contributed by atoms with Gasteiger partial charge in [-0.05, 0) is 69.9 Å². The maximum absolute atomic E-state index is 12.8. The molecule has 0 saturated heterocycles. The highest BCUT2D eigenvalue weighted by Crippen LogP contribution is 2.43. The summed E-state index contributed by atoms with van der Waals surface area (Å²) in [6.07, 6.45) is 21.5. The van der Waals surface area contributed by atoms with Crippen molar-refractivity contribution in [3.63, 3.8) is 0 Å². The fourth-order valence-electron chi connectivity index (χ4n) is 7.47. The Morgan fingerprint density at radius 1 is 0.839 bits per heavy atom. The monoisotopic (exact) mass is 897 g/mol. The molecule has 1 aliphatic rings. The number of carbonyl (C=O) groups is 3. The highest BCUT2D eigenvalue weighted by Gasteiger charge is 2.39. The number of nitrogens with zero attached hydrogens (tertiary/aromatic N) is 1. The third-order valence-corrected chi connectivity index (χ3v) is 12.5. The van der Waals surface area contributed by atoms with E-state index in [1.54, 1.807) is 12.2 Å². The number of phosphoric ester groups is 1. The average Bonchev–Trinajstić information content (AvgIpc) is 3.63. The van der Waals surface area contributed by atoms with Gasteiger partial charge in [-0.15, -0.1) is 0 Å². The van der Waals surface area contributed by atoms with E-state index in [0.717, 1.165) is 82.1 Å². The van der Waals surface area contributed by atoms with Gasteiger partial charge in [0.1, 0.15) is 37.1 Å². The van der Waals surface area contributed by atoms with Gasteiger partial charge in [-0.1, -0.05) is 95.9 Å². The zero-order valence-electron chi connectivity index (χ0n) is 39.3. The minimum absolute atomic E-state index is 0.0201. The Bertz CT molecular complexity index is 1550. The first kappa shape index (κ1) is 55.5. The van der Waals surface area contributed by atoms with Gasteiger partial charge in [-0.25, -0.2) is 4.57 Å². The lowest BCUT2D eigenvalue weighted by molar-refractivity contribution is -0.870. The molecule has 0 aromatic carbocycles. The zero-order chi connectivity index (χ0) is 46.0. The van der Waals surface area contributed by atoms with Gasteiger partial charge in [0.25, 0.3) is 0 Å². The maximum atomic E-state index is 12.8. The predicted octanol–water partition coefficient (Wildman–Crippen LogP) is 9.38. The van der Waals surface area contributed by atoms with Gasteiger partial charge in [0, 0.05) is 43.9 Å². The third kappa shape index (κ3) is 23.9. The van der Waals surface area contributed by atoms with Crippen LogP contribution in [0.2, 0.25) is 0 Å². The Balaban J connectivity index is 1.78. The summed E-state index contributed by atoms with van der Waals surface area (Å²) in [5, 5.41) is 20.8. The van der Waals surface area contributed by atoms with Gasteiger partial charge >= 0.3 is 19.8 Å². The van der Waals surface area contributed by atoms with Crippen LogP contribution < -0.4 is 0 Å². The molecular weight excluding hydrogens is 813 g/mol. The Morgan fingerprint density at radius 3 is 2.11 bits per heavy atom. The minimum Gasteiger partial charge on any atom is -0.466 e. The number of Topliss-reactive ketones (excluding diaryl/α,β-unsaturated/α-hetero) is 1. The second-order valence-electron chi connectivity index (χ2n) is 18.2. The molecule has 6 atom stereocenters. The van der Waals surface area contributed by atoms with Crippen molar-refractivity contribution in [3.8, 4) is 0 Å². The molecule has 1 unspecified atom stereocenters. The number of quaternary nitrogens is 1. The van der Waals surface area contributed by atoms with Crippen molar-refractivity contribution in [1.82, 2.24) is 0 Å². The van der Waals surface area contributed by atoms with E-state index in [4.69, 9.17) is 22.9 Å². The quantitative estimate of drug-likeness (QED) is 0.0194. The lowest BCUT2D eigenvalue weighted by atomic mass is 9.90. The van der Waals surface area contributed by atoms with Crippen LogP contribution in [0.4, 0.5) is 0 Å². The molecule has 1 fully saturated rings.